The summed E-state index contributed by atoms with van der Waals surface area (Å²) >= 11 is 0. The maximum absolute atomic E-state index is 5.10. The molecule has 9 rings (SSSR count). The van der Waals surface area contributed by atoms with Crippen LogP contribution < -0.4 is 0 Å². The zero-order chi connectivity index (χ0) is 25.5. The Labute approximate surface area is 219 Å². The van der Waals surface area contributed by atoms with Crippen molar-refractivity contribution in [3.8, 4) is 11.4 Å². The number of pyridine rings is 4. The predicted octanol–water partition coefficient (Wildman–Crippen LogP) is 6.52. The second-order valence-corrected chi connectivity index (χ2v) is 9.53. The van der Waals surface area contributed by atoms with Gasteiger partial charge in [0.15, 0.2) is 0 Å². The Morgan fingerprint density at radius 3 is 1.56 bits per heavy atom. The first-order chi connectivity index (χ1) is 19.3. The van der Waals surface area contributed by atoms with Gasteiger partial charge in [0.25, 0.3) is 0 Å². The van der Waals surface area contributed by atoms with Gasteiger partial charge in [-0.05, 0) is 66.7 Å². The van der Waals surface area contributed by atoms with Crippen LogP contribution in [0.15, 0.2) is 91.5 Å². The van der Waals surface area contributed by atoms with Crippen LogP contribution in [-0.4, -0.2) is 39.9 Å². The van der Waals surface area contributed by atoms with Crippen LogP contribution in [0.5, 0.6) is 0 Å². The van der Waals surface area contributed by atoms with Gasteiger partial charge in [0, 0.05) is 51.9 Å². The number of rotatable bonds is 1. The lowest BCUT2D eigenvalue weighted by Crippen LogP contribution is -1.94. The fourth-order valence-corrected chi connectivity index (χ4v) is 5.63. The zero-order valence-electron chi connectivity index (χ0n) is 20.3. The van der Waals surface area contributed by atoms with Crippen molar-refractivity contribution in [3.63, 3.8) is 0 Å². The van der Waals surface area contributed by atoms with Crippen molar-refractivity contribution < 1.29 is 0 Å². The maximum atomic E-state index is 5.10. The fourth-order valence-electron chi connectivity index (χ4n) is 5.63. The van der Waals surface area contributed by atoms with E-state index < -0.39 is 0 Å². The van der Waals surface area contributed by atoms with Gasteiger partial charge in [-0.15, -0.1) is 0 Å². The minimum atomic E-state index is 0.754. The molecule has 0 atom stereocenters. The summed E-state index contributed by atoms with van der Waals surface area (Å²) in [7, 11) is 0. The van der Waals surface area contributed by atoms with Gasteiger partial charge in [-0.3, -0.25) is 19.9 Å². The summed E-state index contributed by atoms with van der Waals surface area (Å²) in [5.74, 6) is 0.754. The highest BCUT2D eigenvalue weighted by atomic mass is 14.9. The number of aromatic amines is 1. The molecular weight excluding hydrogens is 484 g/mol. The van der Waals surface area contributed by atoms with E-state index in [1.807, 2.05) is 60.7 Å². The van der Waals surface area contributed by atoms with Crippen LogP contribution in [0.4, 0.5) is 0 Å². The molecule has 9 aromatic rings. The number of nitrogens with one attached hydrogen (secondary N) is 1. The third-order valence-electron chi connectivity index (χ3n) is 7.36. The lowest BCUT2D eigenvalue weighted by atomic mass is 10.1. The molecule has 6 aromatic heterocycles. The molecular formula is C31H16N8. The van der Waals surface area contributed by atoms with Crippen LogP contribution >= 0.6 is 0 Å². The van der Waals surface area contributed by atoms with Crippen LogP contribution in [0.1, 0.15) is 0 Å². The van der Waals surface area contributed by atoms with Gasteiger partial charge in [0.2, 0.25) is 0 Å². The van der Waals surface area contributed by atoms with Gasteiger partial charge < -0.3 is 4.98 Å². The molecule has 0 saturated heterocycles. The van der Waals surface area contributed by atoms with Crippen molar-refractivity contribution in [2.24, 2.45) is 0 Å². The smallest absolute Gasteiger partial charge is 0.138 e. The molecule has 1 N–H and O–H groups in total. The van der Waals surface area contributed by atoms with E-state index in [4.69, 9.17) is 15.0 Å². The number of hydrogen-bond acceptors (Lipinski definition) is 7. The molecule has 6 heterocycles. The highest BCUT2D eigenvalue weighted by Crippen LogP contribution is 2.35. The van der Waals surface area contributed by atoms with Gasteiger partial charge in [-0.25, -0.2) is 15.0 Å². The van der Waals surface area contributed by atoms with Crippen molar-refractivity contribution in [1.29, 1.82) is 0 Å². The summed E-state index contributed by atoms with van der Waals surface area (Å²) in [6.07, 6.45) is 7.16. The monoisotopic (exact) mass is 500 g/mol. The minimum Gasteiger partial charge on any atom is -0.337 e. The molecule has 0 saturated carbocycles. The quantitative estimate of drug-likeness (QED) is 0.202. The molecule has 0 fully saturated rings. The summed E-state index contributed by atoms with van der Waals surface area (Å²) < 4.78 is 0. The zero-order valence-corrected chi connectivity index (χ0v) is 20.3. The van der Waals surface area contributed by atoms with Crippen LogP contribution in [0.3, 0.4) is 0 Å². The summed E-state index contributed by atoms with van der Waals surface area (Å²) in [5.41, 5.74) is 9.30. The molecule has 8 nitrogen and oxygen atoms in total. The molecule has 0 aliphatic heterocycles. The SMILES string of the molecule is c1cnc2c(c1)c1nc3ccc(-c4nc5c6cccnc6c6ncccc6c5[nH]4)cc3nc1c1cccnc12. The van der Waals surface area contributed by atoms with Crippen molar-refractivity contribution in [1.82, 2.24) is 39.9 Å². The predicted molar refractivity (Wildman–Crippen MR) is 153 cm³/mol. The van der Waals surface area contributed by atoms with E-state index in [1.165, 1.54) is 0 Å². The molecule has 0 spiro atoms. The molecule has 3 aromatic carbocycles. The Hall–Kier alpha value is -5.63. The van der Waals surface area contributed by atoms with Gasteiger partial charge in [0.1, 0.15) is 5.82 Å². The molecule has 0 amide bonds. The van der Waals surface area contributed by atoms with Gasteiger partial charge >= 0.3 is 0 Å². The lowest BCUT2D eigenvalue weighted by Gasteiger charge is -2.09. The Bertz CT molecular complexity index is 2390. The summed E-state index contributed by atoms with van der Waals surface area (Å²) in [5, 5.41) is 3.83. The Balaban J connectivity index is 1.33. The first kappa shape index (κ1) is 20.4. The molecule has 180 valence electrons. The molecule has 0 radical (unpaired) electrons. The Morgan fingerprint density at radius 1 is 0.436 bits per heavy atom. The molecule has 0 aliphatic rings. The Kier molecular flexibility index (Phi) is 3.90. The largest absolute Gasteiger partial charge is 0.337 e. The second-order valence-electron chi connectivity index (χ2n) is 9.53. The van der Waals surface area contributed by atoms with E-state index in [2.05, 4.69) is 31.0 Å². The number of nitrogens with zero attached hydrogens (tertiary/aromatic N) is 7. The van der Waals surface area contributed by atoms with E-state index in [1.54, 1.807) is 24.8 Å². The number of benzene rings is 3. The van der Waals surface area contributed by atoms with Gasteiger partial charge in [-0.1, -0.05) is 0 Å². The van der Waals surface area contributed by atoms with E-state index in [-0.39, 0.29) is 0 Å². The third-order valence-corrected chi connectivity index (χ3v) is 7.36. The molecule has 8 heteroatoms. The maximum Gasteiger partial charge on any atom is 0.138 e. The minimum absolute atomic E-state index is 0.754. The third kappa shape index (κ3) is 2.79. The van der Waals surface area contributed by atoms with E-state index in [0.717, 1.165) is 88.1 Å². The van der Waals surface area contributed by atoms with E-state index in [0.29, 0.717) is 0 Å². The van der Waals surface area contributed by atoms with Crippen LogP contribution in [0.2, 0.25) is 0 Å². The van der Waals surface area contributed by atoms with Crippen LogP contribution in [0, 0.1) is 0 Å². The average molecular weight is 501 g/mol. The van der Waals surface area contributed by atoms with Crippen LogP contribution in [0.25, 0.3) is 88.1 Å². The number of imidazole rings is 1. The van der Waals surface area contributed by atoms with E-state index >= 15 is 0 Å². The standard InChI is InChI=1S/C31H16N8/c1-5-17-23(32-11-1)24-18(6-2-12-33-24)28-27(17)36-21-10-9-16(15-22(21)37-28)31-38-29-19-7-3-13-34-25(19)26-20(30(29)39-31)8-4-14-35-26/h1-15H,(H,38,39). The molecule has 0 aliphatic carbocycles. The second kappa shape index (κ2) is 7.45. The number of hydrogen-bond donors (Lipinski definition) is 1. The summed E-state index contributed by atoms with van der Waals surface area (Å²) in [4.78, 5) is 37.2. The first-order valence-corrected chi connectivity index (χ1v) is 12.6. The van der Waals surface area contributed by atoms with Crippen molar-refractivity contribution >= 4 is 76.7 Å². The number of fused-ring (bicyclic) bond motifs is 13. The fraction of sp³-hybridized carbons (Fsp3) is 0. The van der Waals surface area contributed by atoms with Crippen molar-refractivity contribution in [2.75, 3.05) is 0 Å². The normalized spacial score (nSPS) is 12.1. The topological polar surface area (TPSA) is 106 Å². The average Bonchev–Trinajstić information content (AvgIpc) is 3.47. The van der Waals surface area contributed by atoms with Crippen LogP contribution in [-0.2, 0) is 0 Å². The van der Waals surface area contributed by atoms with Crippen molar-refractivity contribution in [2.45, 2.75) is 0 Å². The van der Waals surface area contributed by atoms with Crippen molar-refractivity contribution in [3.05, 3.63) is 91.5 Å². The highest BCUT2D eigenvalue weighted by Gasteiger charge is 2.17. The molecule has 39 heavy (non-hydrogen) atoms. The summed E-state index contributed by atoms with van der Waals surface area (Å²) in [6.45, 7) is 0. The Morgan fingerprint density at radius 2 is 0.949 bits per heavy atom. The first-order valence-electron chi connectivity index (χ1n) is 12.6. The summed E-state index contributed by atoms with van der Waals surface area (Å²) in [6, 6.07) is 21.9. The molecule has 0 unspecified atom stereocenters. The van der Waals surface area contributed by atoms with E-state index in [9.17, 15) is 0 Å². The number of H-pyrrole nitrogens is 1. The number of aromatic nitrogens is 8. The van der Waals surface area contributed by atoms with Gasteiger partial charge in [0.05, 0.1) is 55.2 Å². The highest BCUT2D eigenvalue weighted by molar-refractivity contribution is 6.22. The lowest BCUT2D eigenvalue weighted by molar-refractivity contribution is 1.33. The van der Waals surface area contributed by atoms with Gasteiger partial charge in [-0.2, -0.15) is 0 Å². The molecule has 0 bridgehead atoms.